The predicted molar refractivity (Wildman–Crippen MR) is 156 cm³/mol. The summed E-state index contributed by atoms with van der Waals surface area (Å²) in [5, 5.41) is 7.36. The number of alkyl halides is 1. The molecular formula is C31H32ClFN4O5. The van der Waals surface area contributed by atoms with E-state index in [1.54, 1.807) is 18.3 Å². The molecule has 1 saturated carbocycles. The number of ether oxygens (including phenoxy) is 1. The van der Waals surface area contributed by atoms with Crippen molar-refractivity contribution in [3.63, 3.8) is 0 Å². The minimum absolute atomic E-state index is 0.0890. The molecule has 1 aliphatic heterocycles. The molecule has 9 nitrogen and oxygen atoms in total. The Hall–Kier alpha value is -4.05. The number of nitrogens with one attached hydrogen (secondary N) is 2. The number of esters is 1. The van der Waals surface area contributed by atoms with E-state index in [2.05, 4.69) is 15.6 Å². The molecule has 3 aromatic rings. The topological polar surface area (TPSA) is 118 Å². The van der Waals surface area contributed by atoms with Gasteiger partial charge < -0.3 is 15.4 Å². The number of rotatable bonds is 7. The molecule has 2 heterocycles. The van der Waals surface area contributed by atoms with Crippen LogP contribution in [0, 0.1) is 5.92 Å². The molecule has 1 saturated heterocycles. The van der Waals surface area contributed by atoms with Crippen LogP contribution < -0.4 is 10.6 Å². The van der Waals surface area contributed by atoms with E-state index in [1.807, 2.05) is 30.3 Å². The Bertz CT molecular complexity index is 1520. The summed E-state index contributed by atoms with van der Waals surface area (Å²) in [6.45, 7) is 0.125. The fourth-order valence-corrected chi connectivity index (χ4v) is 6.05. The van der Waals surface area contributed by atoms with Gasteiger partial charge in [0.1, 0.15) is 5.69 Å². The monoisotopic (exact) mass is 594 g/mol. The number of methoxy groups -OCH3 is 1. The van der Waals surface area contributed by atoms with Gasteiger partial charge in [0.2, 0.25) is 5.79 Å². The van der Waals surface area contributed by atoms with Gasteiger partial charge in [-0.15, -0.1) is 0 Å². The SMILES string of the molecule is COC(=O)C1CCC(NC(=O)N2CCCC2(F)C(=O)Cc2ccc(NC(=O)c3nccc4ccccc34)c(Cl)c2)CC1. The number of pyridine rings is 1. The third kappa shape index (κ3) is 6.09. The van der Waals surface area contributed by atoms with E-state index in [4.69, 9.17) is 16.3 Å². The van der Waals surface area contributed by atoms with Gasteiger partial charge in [-0.1, -0.05) is 41.9 Å². The maximum absolute atomic E-state index is 16.1. The van der Waals surface area contributed by atoms with Crippen LogP contribution in [0.2, 0.25) is 5.02 Å². The zero-order valence-electron chi connectivity index (χ0n) is 23.2. The number of ketones is 1. The second kappa shape index (κ2) is 12.4. The number of anilines is 1. The lowest BCUT2D eigenvalue weighted by molar-refractivity contribution is -0.146. The quantitative estimate of drug-likeness (QED) is 0.277. The van der Waals surface area contributed by atoms with Crippen LogP contribution in [-0.4, -0.2) is 59.1 Å². The number of aromatic nitrogens is 1. The van der Waals surface area contributed by atoms with Crippen molar-refractivity contribution >= 4 is 51.8 Å². The van der Waals surface area contributed by atoms with Gasteiger partial charge in [0.25, 0.3) is 5.91 Å². The van der Waals surface area contributed by atoms with Crippen LogP contribution in [0.15, 0.2) is 54.7 Å². The molecule has 11 heteroatoms. The molecule has 1 aliphatic carbocycles. The summed E-state index contributed by atoms with van der Waals surface area (Å²) >= 11 is 6.44. The minimum Gasteiger partial charge on any atom is -0.469 e. The largest absolute Gasteiger partial charge is 0.469 e. The summed E-state index contributed by atoms with van der Waals surface area (Å²) in [5.41, 5.74) is 1.03. The number of amides is 3. The van der Waals surface area contributed by atoms with Crippen LogP contribution in [0.25, 0.3) is 10.8 Å². The van der Waals surface area contributed by atoms with Gasteiger partial charge in [-0.3, -0.25) is 24.3 Å². The Labute approximate surface area is 247 Å². The van der Waals surface area contributed by atoms with Crippen LogP contribution in [0.5, 0.6) is 0 Å². The highest BCUT2D eigenvalue weighted by Gasteiger charge is 2.50. The smallest absolute Gasteiger partial charge is 0.320 e. The number of carbonyl (C=O) groups excluding carboxylic acids is 4. The lowest BCUT2D eigenvalue weighted by Gasteiger charge is -2.33. The van der Waals surface area contributed by atoms with E-state index in [-0.39, 0.29) is 48.0 Å². The highest BCUT2D eigenvalue weighted by Crippen LogP contribution is 2.34. The molecule has 2 N–H and O–H groups in total. The molecule has 0 bridgehead atoms. The molecule has 0 spiro atoms. The van der Waals surface area contributed by atoms with Crippen LogP contribution in [-0.2, 0) is 20.7 Å². The van der Waals surface area contributed by atoms with Crippen LogP contribution >= 0.6 is 11.6 Å². The number of nitrogens with zero attached hydrogens (tertiary/aromatic N) is 2. The van der Waals surface area contributed by atoms with Crippen molar-refractivity contribution < 1.29 is 28.3 Å². The van der Waals surface area contributed by atoms with E-state index in [0.29, 0.717) is 48.7 Å². The van der Waals surface area contributed by atoms with Crippen molar-refractivity contribution in [2.75, 3.05) is 19.0 Å². The Morgan fingerprint density at radius 1 is 1.10 bits per heavy atom. The Kier molecular flexibility index (Phi) is 8.72. The van der Waals surface area contributed by atoms with E-state index in [9.17, 15) is 19.2 Å². The Balaban J connectivity index is 1.21. The molecule has 1 unspecified atom stereocenters. The molecule has 42 heavy (non-hydrogen) atoms. The fraction of sp³-hybridized carbons (Fsp3) is 0.387. The molecule has 2 fully saturated rings. The molecule has 2 aliphatic rings. The highest BCUT2D eigenvalue weighted by molar-refractivity contribution is 6.34. The highest BCUT2D eigenvalue weighted by atomic mass is 35.5. The lowest BCUT2D eigenvalue weighted by Crippen LogP contribution is -2.55. The predicted octanol–water partition coefficient (Wildman–Crippen LogP) is 5.46. The zero-order valence-corrected chi connectivity index (χ0v) is 24.0. The molecule has 0 radical (unpaired) electrons. The Morgan fingerprint density at radius 2 is 1.86 bits per heavy atom. The zero-order chi connectivity index (χ0) is 29.9. The van der Waals surface area contributed by atoms with Crippen LogP contribution in [0.3, 0.4) is 0 Å². The van der Waals surface area contributed by atoms with Gasteiger partial charge in [0, 0.05) is 37.0 Å². The number of Topliss-reactive ketones (excluding diaryl/α,β-unsaturated/α-hetero) is 1. The molecule has 5 rings (SSSR count). The first-order valence-electron chi connectivity index (χ1n) is 14.0. The third-order valence-electron chi connectivity index (χ3n) is 8.11. The molecular weight excluding hydrogens is 563 g/mol. The number of carbonyl (C=O) groups is 4. The number of fused-ring (bicyclic) bond motifs is 1. The first kappa shape index (κ1) is 29.4. The van der Waals surface area contributed by atoms with Gasteiger partial charge in [-0.2, -0.15) is 0 Å². The molecule has 220 valence electrons. The maximum atomic E-state index is 16.1. The standard InChI is InChI=1S/C31H32ClFN4O5/c1-42-29(40)21-8-10-22(11-9-21)35-30(41)37-16-4-14-31(37,33)26(38)18-19-7-12-25(24(32)17-19)36-28(39)27-23-6-3-2-5-20(23)13-15-34-27/h2-3,5-7,12-13,15,17,21-22H,4,8-11,14,16,18H2,1H3,(H,35,41)(H,36,39). The van der Waals surface area contributed by atoms with Crippen LogP contribution in [0.1, 0.15) is 54.6 Å². The summed E-state index contributed by atoms with van der Waals surface area (Å²) in [5.74, 6) is -4.07. The average Bonchev–Trinajstić information content (AvgIpc) is 3.41. The van der Waals surface area contributed by atoms with Crippen molar-refractivity contribution in [1.29, 1.82) is 0 Å². The maximum Gasteiger partial charge on any atom is 0.320 e. The number of benzene rings is 2. The van der Waals surface area contributed by atoms with Crippen molar-refractivity contribution in [3.05, 3.63) is 71.0 Å². The van der Waals surface area contributed by atoms with Crippen molar-refractivity contribution in [3.8, 4) is 0 Å². The number of hydrogen-bond donors (Lipinski definition) is 2. The van der Waals surface area contributed by atoms with E-state index < -0.39 is 23.5 Å². The number of hydrogen-bond acceptors (Lipinski definition) is 6. The van der Waals surface area contributed by atoms with Crippen LogP contribution in [0.4, 0.5) is 14.9 Å². The first-order chi connectivity index (χ1) is 20.2. The van der Waals surface area contributed by atoms with Crippen molar-refractivity contribution in [2.24, 2.45) is 5.92 Å². The normalized spacial score (nSPS) is 22.0. The molecule has 1 atom stereocenters. The van der Waals surface area contributed by atoms with Gasteiger partial charge >= 0.3 is 12.0 Å². The van der Waals surface area contributed by atoms with E-state index in [1.165, 1.54) is 13.2 Å². The number of urea groups is 1. The van der Waals surface area contributed by atoms with E-state index in [0.717, 1.165) is 10.3 Å². The summed E-state index contributed by atoms with van der Waals surface area (Å²) in [6.07, 6.45) is 3.85. The summed E-state index contributed by atoms with van der Waals surface area (Å²) in [7, 11) is 1.35. The summed E-state index contributed by atoms with van der Waals surface area (Å²) < 4.78 is 20.9. The molecule has 2 aromatic carbocycles. The van der Waals surface area contributed by atoms with Gasteiger partial charge in [-0.05, 0) is 61.3 Å². The van der Waals surface area contributed by atoms with Crippen molar-refractivity contribution in [1.82, 2.24) is 15.2 Å². The number of halogens is 2. The van der Waals surface area contributed by atoms with E-state index >= 15 is 4.39 Å². The summed E-state index contributed by atoms with van der Waals surface area (Å²) in [4.78, 5) is 56.2. The van der Waals surface area contributed by atoms with Gasteiger partial charge in [0.15, 0.2) is 5.78 Å². The second-order valence-corrected chi connectivity index (χ2v) is 11.2. The Morgan fingerprint density at radius 3 is 2.60 bits per heavy atom. The van der Waals surface area contributed by atoms with Gasteiger partial charge in [0.05, 0.1) is 23.7 Å². The fourth-order valence-electron chi connectivity index (χ4n) is 5.80. The molecule has 3 amide bonds. The minimum atomic E-state index is -2.44. The number of likely N-dealkylation sites (tertiary alicyclic amines) is 1. The second-order valence-electron chi connectivity index (χ2n) is 10.8. The summed E-state index contributed by atoms with van der Waals surface area (Å²) in [6, 6.07) is 13.0. The van der Waals surface area contributed by atoms with Crippen molar-refractivity contribution in [2.45, 2.75) is 56.8 Å². The average molecular weight is 595 g/mol. The molecule has 1 aromatic heterocycles. The van der Waals surface area contributed by atoms with Gasteiger partial charge in [-0.25, -0.2) is 9.18 Å². The first-order valence-corrected chi connectivity index (χ1v) is 14.4. The lowest BCUT2D eigenvalue weighted by atomic mass is 9.86. The third-order valence-corrected chi connectivity index (χ3v) is 8.43.